The summed E-state index contributed by atoms with van der Waals surface area (Å²) in [5, 5.41) is 5.52. The van der Waals surface area contributed by atoms with Gasteiger partial charge in [-0.2, -0.15) is 0 Å². The van der Waals surface area contributed by atoms with Gasteiger partial charge in [-0.3, -0.25) is 9.59 Å². The van der Waals surface area contributed by atoms with Gasteiger partial charge < -0.3 is 9.74 Å². The molecule has 182 valence electrons. The number of fused-ring (bicyclic) bond motifs is 1. The summed E-state index contributed by atoms with van der Waals surface area (Å²) < 4.78 is 7.14. The lowest BCUT2D eigenvalue weighted by Crippen LogP contribution is -2.68. The molecule has 1 N–H and O–H groups in total. The van der Waals surface area contributed by atoms with Crippen molar-refractivity contribution in [2.24, 2.45) is 0 Å². The van der Waals surface area contributed by atoms with Crippen molar-refractivity contribution in [3.63, 3.8) is 0 Å². The predicted octanol–water partition coefficient (Wildman–Crippen LogP) is 4.91. The SMILES string of the molecule is CCCC(=O)C(=O)[C@@]1(CO[Si](c2ccccc2)(c2ccccc2)C(C)(C)C)Cc2ccccc2N1. The molecule has 4 nitrogen and oxygen atoms in total. The number of nitrogens with one attached hydrogen (secondary N) is 1. The average Bonchev–Trinajstić information content (AvgIpc) is 3.24. The van der Waals surface area contributed by atoms with Crippen LogP contribution in [0.3, 0.4) is 0 Å². The van der Waals surface area contributed by atoms with Gasteiger partial charge in [0.2, 0.25) is 11.6 Å². The molecule has 0 spiro atoms. The van der Waals surface area contributed by atoms with Crippen molar-refractivity contribution >= 4 is 35.9 Å². The molecule has 1 atom stereocenters. The van der Waals surface area contributed by atoms with Crippen LogP contribution in [0.15, 0.2) is 84.9 Å². The highest BCUT2D eigenvalue weighted by Gasteiger charge is 2.54. The van der Waals surface area contributed by atoms with Gasteiger partial charge in [0, 0.05) is 18.5 Å². The number of Topliss-reactive ketones (excluding diaryl/α,β-unsaturated/α-hetero) is 2. The Hall–Kier alpha value is -3.02. The lowest BCUT2D eigenvalue weighted by molar-refractivity contribution is -0.139. The van der Waals surface area contributed by atoms with Gasteiger partial charge in [-0.25, -0.2) is 0 Å². The van der Waals surface area contributed by atoms with Crippen LogP contribution in [0.1, 0.15) is 46.1 Å². The zero-order valence-corrected chi connectivity index (χ0v) is 22.1. The van der Waals surface area contributed by atoms with Crippen LogP contribution in [0.2, 0.25) is 5.04 Å². The molecule has 0 fully saturated rings. The average molecular weight is 486 g/mol. The van der Waals surface area contributed by atoms with E-state index in [4.69, 9.17) is 4.43 Å². The Morgan fingerprint density at radius 3 is 1.94 bits per heavy atom. The standard InChI is InChI=1S/C30H35NO3Si/c1-5-14-27(32)28(33)30(21-23-15-12-13-20-26(23)31-30)22-34-35(29(2,3)4,24-16-8-6-9-17-24)25-18-10-7-11-19-25/h6-13,15-20,31H,5,14,21-22H2,1-4H3/t30-/m0/s1. The number of hydrogen-bond donors (Lipinski definition) is 1. The predicted molar refractivity (Wildman–Crippen MR) is 145 cm³/mol. The number of hydrogen-bond acceptors (Lipinski definition) is 4. The van der Waals surface area contributed by atoms with Gasteiger partial charge >= 0.3 is 0 Å². The molecule has 35 heavy (non-hydrogen) atoms. The number of ketones is 2. The van der Waals surface area contributed by atoms with Crippen molar-refractivity contribution in [1.29, 1.82) is 0 Å². The monoisotopic (exact) mass is 485 g/mol. The quantitative estimate of drug-likeness (QED) is 0.346. The maximum absolute atomic E-state index is 13.7. The van der Waals surface area contributed by atoms with E-state index in [9.17, 15) is 9.59 Å². The first-order valence-electron chi connectivity index (χ1n) is 12.4. The molecule has 0 aromatic heterocycles. The van der Waals surface area contributed by atoms with E-state index in [-0.39, 0.29) is 29.6 Å². The minimum absolute atomic E-state index is 0.128. The van der Waals surface area contributed by atoms with Crippen LogP contribution in [0.5, 0.6) is 0 Å². The largest absolute Gasteiger partial charge is 0.405 e. The molecule has 0 radical (unpaired) electrons. The zero-order valence-electron chi connectivity index (χ0n) is 21.1. The summed E-state index contributed by atoms with van der Waals surface area (Å²) in [6, 6.07) is 28.7. The first-order chi connectivity index (χ1) is 16.7. The van der Waals surface area contributed by atoms with Crippen LogP contribution in [0.4, 0.5) is 5.69 Å². The fourth-order valence-corrected chi connectivity index (χ4v) is 9.93. The van der Waals surface area contributed by atoms with Crippen molar-refractivity contribution in [2.45, 2.75) is 57.5 Å². The minimum Gasteiger partial charge on any atom is -0.405 e. The van der Waals surface area contributed by atoms with Crippen LogP contribution in [-0.4, -0.2) is 32.0 Å². The van der Waals surface area contributed by atoms with Gasteiger partial charge in [0.1, 0.15) is 5.54 Å². The topological polar surface area (TPSA) is 55.4 Å². The van der Waals surface area contributed by atoms with Crippen LogP contribution in [0, 0.1) is 0 Å². The zero-order chi connectivity index (χ0) is 25.1. The number of para-hydroxylation sites is 1. The van der Waals surface area contributed by atoms with Gasteiger partial charge in [-0.1, -0.05) is 107 Å². The highest BCUT2D eigenvalue weighted by molar-refractivity contribution is 6.99. The summed E-state index contributed by atoms with van der Waals surface area (Å²) in [5.41, 5.74) is 0.829. The van der Waals surface area contributed by atoms with Gasteiger partial charge in [0.05, 0.1) is 6.61 Å². The smallest absolute Gasteiger partial charge is 0.261 e. The van der Waals surface area contributed by atoms with Gasteiger partial charge in [0.25, 0.3) is 8.32 Å². The van der Waals surface area contributed by atoms with Gasteiger partial charge in [-0.15, -0.1) is 0 Å². The second-order valence-corrected chi connectivity index (χ2v) is 14.8. The number of benzene rings is 3. The Labute approximate surface area is 209 Å². The molecule has 5 heteroatoms. The molecular formula is C30H35NO3Si. The van der Waals surface area contributed by atoms with E-state index in [1.165, 1.54) is 0 Å². The molecule has 1 aliphatic rings. The summed E-state index contributed by atoms with van der Waals surface area (Å²) in [6.45, 7) is 8.70. The van der Waals surface area contributed by atoms with Gasteiger partial charge in [-0.05, 0) is 33.5 Å². The number of carbonyl (C=O) groups is 2. The third-order valence-electron chi connectivity index (χ3n) is 7.00. The second-order valence-electron chi connectivity index (χ2n) is 10.5. The van der Waals surface area contributed by atoms with E-state index in [2.05, 4.69) is 50.4 Å². The maximum Gasteiger partial charge on any atom is 0.261 e. The number of rotatable bonds is 9. The lowest BCUT2D eigenvalue weighted by atomic mass is 9.88. The van der Waals surface area contributed by atoms with Crippen LogP contribution >= 0.6 is 0 Å². The highest BCUT2D eigenvalue weighted by Crippen LogP contribution is 2.39. The molecule has 0 saturated heterocycles. The van der Waals surface area contributed by atoms with Crippen molar-refractivity contribution < 1.29 is 14.0 Å². The molecule has 1 heterocycles. The van der Waals surface area contributed by atoms with Crippen molar-refractivity contribution in [3.8, 4) is 0 Å². The molecular weight excluding hydrogens is 450 g/mol. The first kappa shape index (κ1) is 25.1. The maximum atomic E-state index is 13.7. The highest BCUT2D eigenvalue weighted by atomic mass is 28.4. The van der Waals surface area contributed by atoms with Crippen LogP contribution in [-0.2, 0) is 20.4 Å². The molecule has 3 aromatic rings. The number of anilines is 1. The molecule has 0 unspecified atom stereocenters. The minimum atomic E-state index is -2.87. The Balaban J connectivity index is 1.81. The second kappa shape index (κ2) is 9.92. The molecule has 0 aliphatic carbocycles. The summed E-state index contributed by atoms with van der Waals surface area (Å²) in [4.78, 5) is 26.6. The fraction of sp³-hybridized carbons (Fsp3) is 0.333. The molecule has 0 saturated carbocycles. The van der Waals surface area contributed by atoms with Crippen molar-refractivity contribution in [1.82, 2.24) is 0 Å². The van der Waals surface area contributed by atoms with Crippen molar-refractivity contribution in [3.05, 3.63) is 90.5 Å². The Morgan fingerprint density at radius 1 is 0.886 bits per heavy atom. The first-order valence-corrected chi connectivity index (χ1v) is 14.3. The lowest BCUT2D eigenvalue weighted by Gasteiger charge is -2.45. The van der Waals surface area contributed by atoms with E-state index >= 15 is 0 Å². The summed E-state index contributed by atoms with van der Waals surface area (Å²) >= 11 is 0. The summed E-state index contributed by atoms with van der Waals surface area (Å²) in [7, 11) is -2.87. The Morgan fingerprint density at radius 2 is 1.43 bits per heavy atom. The van der Waals surface area contributed by atoms with Gasteiger partial charge in [0.15, 0.2) is 0 Å². The summed E-state index contributed by atoms with van der Waals surface area (Å²) in [6.07, 6.45) is 1.33. The van der Waals surface area contributed by atoms with E-state index in [1.807, 2.05) is 67.6 Å². The van der Waals surface area contributed by atoms with E-state index in [0.29, 0.717) is 12.8 Å². The molecule has 1 aliphatic heterocycles. The third-order valence-corrected chi connectivity index (χ3v) is 12.0. The van der Waals surface area contributed by atoms with E-state index in [1.54, 1.807) is 0 Å². The molecule has 3 aromatic carbocycles. The summed E-state index contributed by atoms with van der Waals surface area (Å²) in [5.74, 6) is -0.715. The Kier molecular flexibility index (Phi) is 7.11. The van der Waals surface area contributed by atoms with Crippen molar-refractivity contribution in [2.75, 3.05) is 11.9 Å². The molecule has 0 bridgehead atoms. The normalized spacial score (nSPS) is 17.5. The fourth-order valence-electron chi connectivity index (χ4n) is 5.31. The molecule has 0 amide bonds. The van der Waals surface area contributed by atoms with E-state index in [0.717, 1.165) is 21.6 Å². The molecule has 4 rings (SSSR count). The Bertz CT molecular complexity index is 1120. The third kappa shape index (κ3) is 4.63. The van der Waals surface area contributed by atoms with Crippen LogP contribution in [0.25, 0.3) is 0 Å². The van der Waals surface area contributed by atoms with E-state index < -0.39 is 13.9 Å². The number of carbonyl (C=O) groups excluding carboxylic acids is 2. The van der Waals surface area contributed by atoms with Crippen LogP contribution < -0.4 is 15.7 Å².